The Hall–Kier alpha value is -5.75. The van der Waals surface area contributed by atoms with Crippen LogP contribution in [0.3, 0.4) is 0 Å². The van der Waals surface area contributed by atoms with Crippen LogP contribution in [0.5, 0.6) is 0 Å². The van der Waals surface area contributed by atoms with Crippen LogP contribution in [0.4, 0.5) is 0 Å². The Morgan fingerprint density at radius 3 is 0.785 bits per heavy atom. The van der Waals surface area contributed by atoms with Crippen LogP contribution >= 0.6 is 0 Å². The van der Waals surface area contributed by atoms with E-state index in [0.29, 0.717) is 12.8 Å². The van der Waals surface area contributed by atoms with Gasteiger partial charge in [0.2, 0.25) is 0 Å². The Labute approximate surface area is 484 Å². The predicted octanol–water partition coefficient (Wildman–Crippen LogP) is 21.4. The van der Waals surface area contributed by atoms with Crippen LogP contribution in [-0.4, -0.2) is 37.2 Å². The maximum atomic E-state index is 12.9. The molecule has 0 aliphatic carbocycles. The number of unbranched alkanes of at least 4 members (excludes halogenated alkanes) is 10. The van der Waals surface area contributed by atoms with Gasteiger partial charge in [-0.05, 0) is 154 Å². The van der Waals surface area contributed by atoms with Crippen LogP contribution in [0.15, 0.2) is 194 Å². The number of hydrogen-bond acceptors (Lipinski definition) is 6. The Kier molecular flexibility index (Phi) is 60.1. The summed E-state index contributed by atoms with van der Waals surface area (Å²) in [6, 6.07) is 0. The highest BCUT2D eigenvalue weighted by Crippen LogP contribution is 2.13. The highest BCUT2D eigenvalue weighted by molar-refractivity contribution is 5.71. The van der Waals surface area contributed by atoms with Crippen molar-refractivity contribution >= 4 is 17.9 Å². The number of carbonyl (C=O) groups is 3. The summed E-state index contributed by atoms with van der Waals surface area (Å²) >= 11 is 0. The number of esters is 3. The van der Waals surface area contributed by atoms with Crippen molar-refractivity contribution in [2.75, 3.05) is 13.2 Å². The summed E-state index contributed by atoms with van der Waals surface area (Å²) < 4.78 is 16.8. The maximum Gasteiger partial charge on any atom is 0.306 e. The van der Waals surface area contributed by atoms with E-state index >= 15 is 0 Å². The van der Waals surface area contributed by atoms with Gasteiger partial charge in [-0.1, -0.05) is 247 Å². The monoisotopic (exact) mass is 1080 g/mol. The van der Waals surface area contributed by atoms with Crippen molar-refractivity contribution in [2.45, 2.75) is 232 Å². The highest BCUT2D eigenvalue weighted by atomic mass is 16.6. The van der Waals surface area contributed by atoms with Crippen LogP contribution in [0.1, 0.15) is 226 Å². The van der Waals surface area contributed by atoms with E-state index in [1.807, 2.05) is 0 Å². The van der Waals surface area contributed by atoms with Gasteiger partial charge in [0, 0.05) is 19.3 Å². The van der Waals surface area contributed by atoms with Crippen LogP contribution in [0.25, 0.3) is 0 Å². The smallest absolute Gasteiger partial charge is 0.306 e. The maximum absolute atomic E-state index is 12.9. The van der Waals surface area contributed by atoms with Gasteiger partial charge >= 0.3 is 17.9 Å². The van der Waals surface area contributed by atoms with Gasteiger partial charge < -0.3 is 14.2 Å². The van der Waals surface area contributed by atoms with Crippen molar-refractivity contribution < 1.29 is 28.6 Å². The molecule has 0 heterocycles. The average molecular weight is 1080 g/mol. The molecule has 0 rings (SSSR count). The van der Waals surface area contributed by atoms with Gasteiger partial charge in [0.1, 0.15) is 13.2 Å². The number of hydrogen-bond donors (Lipinski definition) is 0. The molecule has 0 fully saturated rings. The van der Waals surface area contributed by atoms with Gasteiger partial charge in [-0.3, -0.25) is 14.4 Å². The lowest BCUT2D eigenvalue weighted by Crippen LogP contribution is -2.30. The van der Waals surface area contributed by atoms with Gasteiger partial charge in [-0.15, -0.1) is 0 Å². The van der Waals surface area contributed by atoms with E-state index in [9.17, 15) is 14.4 Å². The molecule has 0 aliphatic rings. The number of ether oxygens (including phenoxy) is 3. The predicted molar refractivity (Wildman–Crippen MR) is 343 cm³/mol. The first kappa shape index (κ1) is 73.2. The van der Waals surface area contributed by atoms with Gasteiger partial charge in [-0.25, -0.2) is 0 Å². The van der Waals surface area contributed by atoms with E-state index in [1.54, 1.807) is 0 Å². The molecule has 0 N–H and O–H groups in total. The molecular formula is C73H110O6. The Morgan fingerprint density at radius 2 is 0.468 bits per heavy atom. The molecule has 438 valence electrons. The molecule has 0 spiro atoms. The average Bonchev–Trinajstić information content (AvgIpc) is 3.45. The molecular weight excluding hydrogens is 973 g/mol. The van der Waals surface area contributed by atoms with Gasteiger partial charge in [0.05, 0.1) is 0 Å². The van der Waals surface area contributed by atoms with Crippen LogP contribution < -0.4 is 0 Å². The quantitative estimate of drug-likeness (QED) is 0.0261. The molecule has 0 saturated carbocycles. The topological polar surface area (TPSA) is 78.9 Å². The first-order chi connectivity index (χ1) is 39.0. The van der Waals surface area contributed by atoms with Crippen molar-refractivity contribution in [1.29, 1.82) is 0 Å². The summed E-state index contributed by atoms with van der Waals surface area (Å²) in [6.07, 6.45) is 98.7. The van der Waals surface area contributed by atoms with Crippen LogP contribution in [0.2, 0.25) is 0 Å². The largest absolute Gasteiger partial charge is 0.462 e. The fraction of sp³-hybridized carbons (Fsp3) is 0.521. The molecule has 0 saturated heterocycles. The number of rotatable bonds is 53. The molecule has 0 bridgehead atoms. The molecule has 0 amide bonds. The second-order valence-electron chi connectivity index (χ2n) is 19.5. The third-order valence-corrected chi connectivity index (χ3v) is 12.1. The fourth-order valence-electron chi connectivity index (χ4n) is 7.57. The summed E-state index contributed by atoms with van der Waals surface area (Å²) in [5.41, 5.74) is 0. The van der Waals surface area contributed by atoms with E-state index in [-0.39, 0.29) is 50.4 Å². The Morgan fingerprint density at radius 1 is 0.253 bits per heavy atom. The van der Waals surface area contributed by atoms with Gasteiger partial charge in [-0.2, -0.15) is 0 Å². The molecule has 1 atom stereocenters. The zero-order valence-electron chi connectivity index (χ0n) is 50.0. The van der Waals surface area contributed by atoms with E-state index in [0.717, 1.165) is 154 Å². The number of carbonyl (C=O) groups excluding carboxylic acids is 3. The minimum absolute atomic E-state index is 0.132. The molecule has 6 nitrogen and oxygen atoms in total. The van der Waals surface area contributed by atoms with Crippen molar-refractivity contribution in [3.8, 4) is 0 Å². The Bertz CT molecular complexity index is 1920. The molecule has 0 aromatic heterocycles. The molecule has 1 unspecified atom stereocenters. The van der Waals surface area contributed by atoms with E-state index in [4.69, 9.17) is 14.2 Å². The Balaban J connectivity index is 4.54. The first-order valence-electron chi connectivity index (χ1n) is 30.9. The lowest BCUT2D eigenvalue weighted by atomic mass is 10.1. The van der Waals surface area contributed by atoms with Crippen molar-refractivity contribution in [3.63, 3.8) is 0 Å². The highest BCUT2D eigenvalue weighted by Gasteiger charge is 2.19. The summed E-state index contributed by atoms with van der Waals surface area (Å²) in [5.74, 6) is -1.05. The lowest BCUT2D eigenvalue weighted by molar-refractivity contribution is -0.167. The van der Waals surface area contributed by atoms with Gasteiger partial charge in [0.15, 0.2) is 6.10 Å². The van der Waals surface area contributed by atoms with Crippen molar-refractivity contribution in [1.82, 2.24) is 0 Å². The summed E-state index contributed by atoms with van der Waals surface area (Å²) in [7, 11) is 0. The van der Waals surface area contributed by atoms with Crippen LogP contribution in [-0.2, 0) is 28.6 Å². The summed E-state index contributed by atoms with van der Waals surface area (Å²) in [5, 5.41) is 0. The van der Waals surface area contributed by atoms with Crippen LogP contribution in [0, 0.1) is 0 Å². The minimum atomic E-state index is -0.837. The molecule has 0 aromatic rings. The molecule has 79 heavy (non-hydrogen) atoms. The molecule has 0 radical (unpaired) electrons. The van der Waals surface area contributed by atoms with E-state index in [1.165, 1.54) is 19.3 Å². The zero-order valence-corrected chi connectivity index (χ0v) is 50.0. The van der Waals surface area contributed by atoms with Gasteiger partial charge in [0.25, 0.3) is 0 Å². The summed E-state index contributed by atoms with van der Waals surface area (Å²) in [6.45, 7) is 6.19. The first-order valence-corrected chi connectivity index (χ1v) is 30.9. The second-order valence-corrected chi connectivity index (χ2v) is 19.5. The van der Waals surface area contributed by atoms with Crippen molar-refractivity contribution in [2.24, 2.45) is 0 Å². The third kappa shape index (κ3) is 63.0. The van der Waals surface area contributed by atoms with Crippen molar-refractivity contribution in [3.05, 3.63) is 194 Å². The lowest BCUT2D eigenvalue weighted by Gasteiger charge is -2.18. The second kappa shape index (κ2) is 64.8. The fourth-order valence-corrected chi connectivity index (χ4v) is 7.57. The van der Waals surface area contributed by atoms with E-state index in [2.05, 4.69) is 215 Å². The molecule has 6 heteroatoms. The molecule has 0 aliphatic heterocycles. The summed E-state index contributed by atoms with van der Waals surface area (Å²) in [4.78, 5) is 38.2. The normalized spacial score (nSPS) is 13.5. The third-order valence-electron chi connectivity index (χ3n) is 12.1. The number of allylic oxidation sites excluding steroid dienone is 32. The SMILES string of the molecule is CC/C=C\C/C=C\C/C=C\C/C=C\C/C=C\C/C=C\C/C=C\C/C=C\C/C=C\CCCC(=O)OCC(COC(=O)CCCC/C=C\C/C=C\C/C=C\C/C=C\CC)OC(=O)CCCCCCCCC/C=C\C/C=C\C/C=C\CC. The zero-order chi connectivity index (χ0) is 57.1. The standard InChI is InChI=1S/C73H110O6/c1-4-7-10-13-16-19-22-25-28-30-31-32-33-34-35-36-37-38-39-40-41-43-45-48-51-54-57-60-63-66-72(75)78-69-70(68-77-71(74)65-62-59-56-53-50-47-44-27-24-21-18-15-12-9-6-3)79-73(76)67-64-61-58-55-52-49-46-42-29-26-23-20-17-14-11-8-5-2/h7-12,16-21,25-29,31-32,34-35,37-38,40-41,44-45,48,50,53-54,57,70H,4-6,13-15,22-24,30,33,36,39,42-43,46-47,49,51-52,55-56,58-69H2,1-3H3/b10-7-,11-8-,12-9-,19-16-,20-17-,21-18-,28-25-,29-26-,32-31-,35-34-,38-37-,41-40-,44-27-,48-45-,53-50-,57-54-. The van der Waals surface area contributed by atoms with E-state index < -0.39 is 6.10 Å². The molecule has 0 aromatic carbocycles. The minimum Gasteiger partial charge on any atom is -0.462 e.